The molecule has 0 unspecified atom stereocenters. The summed E-state index contributed by atoms with van der Waals surface area (Å²) in [4.78, 5) is 6.20. The summed E-state index contributed by atoms with van der Waals surface area (Å²) in [6.45, 7) is 1.64. The maximum absolute atomic E-state index is 5.55. The lowest BCUT2D eigenvalue weighted by Crippen LogP contribution is -2.27. The Bertz CT molecular complexity index is 259. The van der Waals surface area contributed by atoms with E-state index >= 15 is 0 Å². The lowest BCUT2D eigenvalue weighted by atomic mass is 10.2. The molecule has 2 N–H and O–H groups in total. The minimum atomic E-state index is 0.596. The van der Waals surface area contributed by atoms with Gasteiger partial charge in [-0.1, -0.05) is 0 Å². The number of aromatic nitrogens is 1. The highest BCUT2D eigenvalue weighted by molar-refractivity contribution is 5.55. The third-order valence-electron chi connectivity index (χ3n) is 2.10. The Labute approximate surface area is 65.8 Å². The zero-order chi connectivity index (χ0) is 7.68. The van der Waals surface area contributed by atoms with Crippen LogP contribution in [0.1, 0.15) is 5.56 Å². The zero-order valence-electron chi connectivity index (χ0n) is 6.33. The third kappa shape index (κ3) is 0.973. The zero-order valence-corrected chi connectivity index (χ0v) is 6.33. The van der Waals surface area contributed by atoms with Gasteiger partial charge >= 0.3 is 0 Å². The van der Waals surface area contributed by atoms with Crippen molar-refractivity contribution >= 4 is 5.69 Å². The Balaban J connectivity index is 2.39. The van der Waals surface area contributed by atoms with Crippen LogP contribution in [0.4, 0.5) is 5.69 Å². The molecule has 11 heavy (non-hydrogen) atoms. The maximum Gasteiger partial charge on any atom is 0.0657 e. The van der Waals surface area contributed by atoms with Crippen LogP contribution in [0.2, 0.25) is 0 Å². The van der Waals surface area contributed by atoms with Crippen LogP contribution in [-0.2, 0) is 6.42 Å². The fraction of sp³-hybridized carbons (Fsp3) is 0.375. The molecule has 0 saturated carbocycles. The average molecular weight is 149 g/mol. The SMILES string of the molecule is NCN1CCc2ccncc21. The van der Waals surface area contributed by atoms with E-state index < -0.39 is 0 Å². The van der Waals surface area contributed by atoms with Crippen molar-refractivity contribution in [3.63, 3.8) is 0 Å². The van der Waals surface area contributed by atoms with Crippen LogP contribution in [0.5, 0.6) is 0 Å². The first-order valence-corrected chi connectivity index (χ1v) is 3.79. The van der Waals surface area contributed by atoms with Crippen molar-refractivity contribution in [1.29, 1.82) is 0 Å². The lowest BCUT2D eigenvalue weighted by molar-refractivity contribution is 0.846. The Hall–Kier alpha value is -1.09. The largest absolute Gasteiger partial charge is 0.357 e. The van der Waals surface area contributed by atoms with E-state index in [0.717, 1.165) is 13.0 Å². The van der Waals surface area contributed by atoms with Crippen molar-refractivity contribution in [1.82, 2.24) is 4.98 Å². The Morgan fingerprint density at radius 2 is 2.55 bits per heavy atom. The van der Waals surface area contributed by atoms with E-state index in [1.54, 1.807) is 0 Å². The molecule has 0 saturated heterocycles. The van der Waals surface area contributed by atoms with Crippen molar-refractivity contribution in [2.75, 3.05) is 18.1 Å². The Morgan fingerprint density at radius 1 is 1.64 bits per heavy atom. The third-order valence-corrected chi connectivity index (χ3v) is 2.10. The number of nitrogens with zero attached hydrogens (tertiary/aromatic N) is 2. The molecule has 0 radical (unpaired) electrons. The van der Waals surface area contributed by atoms with Crippen LogP contribution in [-0.4, -0.2) is 18.2 Å². The summed E-state index contributed by atoms with van der Waals surface area (Å²) in [6, 6.07) is 2.06. The molecule has 0 atom stereocenters. The summed E-state index contributed by atoms with van der Waals surface area (Å²) in [6.07, 6.45) is 4.82. The van der Waals surface area contributed by atoms with Gasteiger partial charge in [-0.3, -0.25) is 4.98 Å². The van der Waals surface area contributed by atoms with E-state index in [-0.39, 0.29) is 0 Å². The van der Waals surface area contributed by atoms with Crippen LogP contribution in [0, 0.1) is 0 Å². The molecule has 58 valence electrons. The molecule has 0 aromatic carbocycles. The standard InChI is InChI=1S/C8H11N3/c9-6-11-4-2-7-1-3-10-5-8(7)11/h1,3,5H,2,4,6,9H2. The predicted octanol–water partition coefficient (Wildman–Crippen LogP) is 0.360. The fourth-order valence-corrected chi connectivity index (χ4v) is 1.48. The number of nitrogens with two attached hydrogens (primary N) is 1. The van der Waals surface area contributed by atoms with E-state index in [0.29, 0.717) is 6.67 Å². The molecule has 0 spiro atoms. The summed E-state index contributed by atoms with van der Waals surface area (Å²) in [5.41, 5.74) is 8.12. The van der Waals surface area contributed by atoms with E-state index in [2.05, 4.69) is 16.0 Å². The molecule has 3 heteroatoms. The molecule has 1 aliphatic rings. The van der Waals surface area contributed by atoms with Crippen molar-refractivity contribution in [2.24, 2.45) is 5.73 Å². The van der Waals surface area contributed by atoms with Gasteiger partial charge in [0.15, 0.2) is 0 Å². The molecular weight excluding hydrogens is 138 g/mol. The van der Waals surface area contributed by atoms with Gasteiger partial charge in [0.25, 0.3) is 0 Å². The van der Waals surface area contributed by atoms with E-state index in [1.807, 2.05) is 12.4 Å². The van der Waals surface area contributed by atoms with Crippen LogP contribution < -0.4 is 10.6 Å². The minimum Gasteiger partial charge on any atom is -0.357 e. The van der Waals surface area contributed by atoms with Gasteiger partial charge in [0.1, 0.15) is 0 Å². The molecule has 0 bridgehead atoms. The first kappa shape index (κ1) is 6.61. The van der Waals surface area contributed by atoms with E-state index in [9.17, 15) is 0 Å². The van der Waals surface area contributed by atoms with Gasteiger partial charge < -0.3 is 10.6 Å². The van der Waals surface area contributed by atoms with Gasteiger partial charge in [-0.2, -0.15) is 0 Å². The average Bonchev–Trinajstić information content (AvgIpc) is 2.47. The van der Waals surface area contributed by atoms with Crippen LogP contribution in [0.3, 0.4) is 0 Å². The number of hydrogen-bond donors (Lipinski definition) is 1. The van der Waals surface area contributed by atoms with Crippen molar-refractivity contribution in [2.45, 2.75) is 6.42 Å². The molecule has 0 aliphatic carbocycles. The number of rotatable bonds is 1. The molecule has 1 aromatic heterocycles. The second-order valence-electron chi connectivity index (χ2n) is 2.70. The summed E-state index contributed by atoms with van der Waals surface area (Å²) in [5, 5.41) is 0. The molecule has 3 nitrogen and oxygen atoms in total. The Morgan fingerprint density at radius 3 is 3.36 bits per heavy atom. The smallest absolute Gasteiger partial charge is 0.0657 e. The highest BCUT2D eigenvalue weighted by atomic mass is 15.2. The first-order valence-electron chi connectivity index (χ1n) is 3.79. The molecule has 1 aromatic rings. The number of hydrogen-bond acceptors (Lipinski definition) is 3. The van der Waals surface area contributed by atoms with Gasteiger partial charge in [-0.05, 0) is 18.1 Å². The maximum atomic E-state index is 5.55. The van der Waals surface area contributed by atoms with Crippen LogP contribution >= 0.6 is 0 Å². The summed E-state index contributed by atoms with van der Waals surface area (Å²) >= 11 is 0. The molecule has 2 rings (SSSR count). The normalized spacial score (nSPS) is 15.2. The monoisotopic (exact) mass is 149 g/mol. The summed E-state index contributed by atoms with van der Waals surface area (Å²) in [7, 11) is 0. The van der Waals surface area contributed by atoms with Gasteiger partial charge in [0.2, 0.25) is 0 Å². The highest BCUT2D eigenvalue weighted by Gasteiger charge is 2.16. The quantitative estimate of drug-likeness (QED) is 0.627. The first-order chi connectivity index (χ1) is 5.42. The minimum absolute atomic E-state index is 0.596. The second kappa shape index (κ2) is 2.51. The van der Waals surface area contributed by atoms with Gasteiger partial charge in [0.05, 0.1) is 18.6 Å². The van der Waals surface area contributed by atoms with Gasteiger partial charge in [-0.25, -0.2) is 0 Å². The molecular formula is C8H11N3. The number of fused-ring (bicyclic) bond motifs is 1. The summed E-state index contributed by atoms with van der Waals surface area (Å²) < 4.78 is 0. The van der Waals surface area contributed by atoms with E-state index in [4.69, 9.17) is 5.73 Å². The summed E-state index contributed by atoms with van der Waals surface area (Å²) in [5.74, 6) is 0. The van der Waals surface area contributed by atoms with Crippen molar-refractivity contribution < 1.29 is 0 Å². The number of pyridine rings is 1. The van der Waals surface area contributed by atoms with Gasteiger partial charge in [-0.15, -0.1) is 0 Å². The van der Waals surface area contributed by atoms with Crippen LogP contribution in [0.25, 0.3) is 0 Å². The lowest BCUT2D eigenvalue weighted by Gasteiger charge is -2.14. The molecule has 2 heterocycles. The highest BCUT2D eigenvalue weighted by Crippen LogP contribution is 2.24. The van der Waals surface area contributed by atoms with E-state index in [1.165, 1.54) is 11.3 Å². The molecule has 0 fully saturated rings. The van der Waals surface area contributed by atoms with Crippen molar-refractivity contribution in [3.05, 3.63) is 24.0 Å². The second-order valence-corrected chi connectivity index (χ2v) is 2.70. The topological polar surface area (TPSA) is 42.1 Å². The molecule has 1 aliphatic heterocycles. The predicted molar refractivity (Wildman–Crippen MR) is 44.3 cm³/mol. The number of anilines is 1. The van der Waals surface area contributed by atoms with Gasteiger partial charge in [0, 0.05) is 12.7 Å². The Kier molecular flexibility index (Phi) is 1.51. The van der Waals surface area contributed by atoms with Crippen molar-refractivity contribution in [3.8, 4) is 0 Å². The fourth-order valence-electron chi connectivity index (χ4n) is 1.48. The molecule has 0 amide bonds. The van der Waals surface area contributed by atoms with Crippen LogP contribution in [0.15, 0.2) is 18.5 Å².